The molecule has 0 radical (unpaired) electrons. The van der Waals surface area contributed by atoms with Gasteiger partial charge in [-0.25, -0.2) is 12.8 Å². The highest BCUT2D eigenvalue weighted by Gasteiger charge is 2.31. The zero-order chi connectivity index (χ0) is 22.5. The van der Waals surface area contributed by atoms with Crippen molar-refractivity contribution in [3.8, 4) is 0 Å². The smallest absolute Gasteiger partial charge is 0.175 e. The molecule has 4 aromatic rings. The third kappa shape index (κ3) is 3.74. The Morgan fingerprint density at radius 1 is 1.12 bits per heavy atom. The Morgan fingerprint density at radius 2 is 1.84 bits per heavy atom. The molecule has 1 saturated heterocycles. The average Bonchev–Trinajstić information content (AvgIpc) is 3.09. The van der Waals surface area contributed by atoms with Gasteiger partial charge in [0, 0.05) is 30.1 Å². The molecule has 32 heavy (non-hydrogen) atoms. The number of sulfone groups is 1. The summed E-state index contributed by atoms with van der Waals surface area (Å²) in [6, 6.07) is 14.6. The summed E-state index contributed by atoms with van der Waals surface area (Å²) < 4.78 is 48.5. The van der Waals surface area contributed by atoms with Crippen molar-refractivity contribution in [2.75, 3.05) is 19.5 Å². The van der Waals surface area contributed by atoms with E-state index in [0.717, 1.165) is 40.7 Å². The molecule has 3 heterocycles. The van der Waals surface area contributed by atoms with Crippen LogP contribution in [-0.2, 0) is 14.6 Å². The Kier molecular flexibility index (Phi) is 5.55. The number of aromatic nitrogens is 2. The molecule has 8 heteroatoms. The standard InChI is InChI=1S/C24H22BrFN2O3S/c1-32(29,30)18-12-19(26)22-20(13-18)28(21-11-17(25)14-27-23(21)22)24(15-5-3-2-4-6-15)16-7-9-31-10-8-16/h2-6,11-14,16,24H,7-10H2,1H3/t24-/m1/s1. The number of rotatable bonds is 4. The summed E-state index contributed by atoms with van der Waals surface area (Å²) in [5, 5.41) is 0.341. The first-order chi connectivity index (χ1) is 15.3. The zero-order valence-corrected chi connectivity index (χ0v) is 19.9. The van der Waals surface area contributed by atoms with Gasteiger partial charge in [-0.2, -0.15) is 0 Å². The van der Waals surface area contributed by atoms with Gasteiger partial charge in [-0.3, -0.25) is 4.98 Å². The van der Waals surface area contributed by atoms with Crippen molar-refractivity contribution in [3.63, 3.8) is 0 Å². The second kappa shape index (κ2) is 8.24. The van der Waals surface area contributed by atoms with Crippen LogP contribution < -0.4 is 0 Å². The number of nitrogens with zero attached hydrogens (tertiary/aromatic N) is 2. The van der Waals surface area contributed by atoms with Crippen molar-refractivity contribution < 1.29 is 17.5 Å². The van der Waals surface area contributed by atoms with Crippen LogP contribution in [-0.4, -0.2) is 37.4 Å². The molecule has 2 aromatic carbocycles. The highest BCUT2D eigenvalue weighted by Crippen LogP contribution is 2.42. The van der Waals surface area contributed by atoms with Crippen molar-refractivity contribution in [1.29, 1.82) is 0 Å². The maximum atomic E-state index is 15.4. The van der Waals surface area contributed by atoms with Crippen molar-refractivity contribution in [3.05, 3.63) is 70.6 Å². The molecule has 0 spiro atoms. The lowest BCUT2D eigenvalue weighted by Gasteiger charge is -2.33. The molecular formula is C24H22BrFN2O3S. The number of halogens is 2. The molecular weight excluding hydrogens is 495 g/mol. The highest BCUT2D eigenvalue weighted by atomic mass is 79.9. The van der Waals surface area contributed by atoms with E-state index in [4.69, 9.17) is 4.74 Å². The Balaban J connectivity index is 1.91. The fourth-order valence-electron chi connectivity index (χ4n) is 4.75. The zero-order valence-electron chi connectivity index (χ0n) is 17.5. The first kappa shape index (κ1) is 21.6. The van der Waals surface area contributed by atoms with E-state index in [9.17, 15) is 8.42 Å². The van der Waals surface area contributed by atoms with Crippen LogP contribution in [0.25, 0.3) is 21.9 Å². The van der Waals surface area contributed by atoms with Gasteiger partial charge in [-0.05, 0) is 58.5 Å². The molecule has 2 aromatic heterocycles. The average molecular weight is 517 g/mol. The number of hydrogen-bond donors (Lipinski definition) is 0. The summed E-state index contributed by atoms with van der Waals surface area (Å²) in [6.45, 7) is 1.33. The minimum absolute atomic E-state index is 0.0376. The van der Waals surface area contributed by atoms with Crippen LogP contribution in [0.3, 0.4) is 0 Å². The van der Waals surface area contributed by atoms with Crippen molar-refractivity contribution >= 4 is 47.7 Å². The van der Waals surface area contributed by atoms with Crippen LogP contribution in [0.4, 0.5) is 4.39 Å². The van der Waals surface area contributed by atoms with Crippen molar-refractivity contribution in [1.82, 2.24) is 9.55 Å². The van der Waals surface area contributed by atoms with Gasteiger partial charge in [0.25, 0.3) is 0 Å². The maximum Gasteiger partial charge on any atom is 0.175 e. The fourth-order valence-corrected chi connectivity index (χ4v) is 5.72. The van der Waals surface area contributed by atoms with Crippen LogP contribution in [0, 0.1) is 11.7 Å². The van der Waals surface area contributed by atoms with Gasteiger partial charge in [0.1, 0.15) is 5.82 Å². The molecule has 0 bridgehead atoms. The van der Waals surface area contributed by atoms with Crippen LogP contribution in [0.1, 0.15) is 24.4 Å². The largest absolute Gasteiger partial charge is 0.381 e. The molecule has 1 aliphatic heterocycles. The maximum absolute atomic E-state index is 15.4. The van der Waals surface area contributed by atoms with Gasteiger partial charge in [0.2, 0.25) is 0 Å². The lowest BCUT2D eigenvalue weighted by Crippen LogP contribution is -2.27. The van der Waals surface area contributed by atoms with Crippen LogP contribution in [0.2, 0.25) is 0 Å². The summed E-state index contributed by atoms with van der Waals surface area (Å²) in [7, 11) is -3.60. The minimum Gasteiger partial charge on any atom is -0.381 e. The number of benzene rings is 2. The summed E-state index contributed by atoms with van der Waals surface area (Å²) in [4.78, 5) is 4.48. The predicted molar refractivity (Wildman–Crippen MR) is 126 cm³/mol. The lowest BCUT2D eigenvalue weighted by molar-refractivity contribution is 0.0552. The summed E-state index contributed by atoms with van der Waals surface area (Å²) in [5.74, 6) is -0.339. The third-order valence-corrected chi connectivity index (χ3v) is 7.72. The topological polar surface area (TPSA) is 61.2 Å². The molecule has 1 atom stereocenters. The monoisotopic (exact) mass is 516 g/mol. The first-order valence-electron chi connectivity index (χ1n) is 10.5. The Labute approximate surface area is 194 Å². The molecule has 5 rings (SSSR count). The van der Waals surface area contributed by atoms with E-state index in [0.29, 0.717) is 29.6 Å². The van der Waals surface area contributed by atoms with E-state index in [1.54, 1.807) is 12.3 Å². The van der Waals surface area contributed by atoms with Crippen LogP contribution >= 0.6 is 15.9 Å². The number of ether oxygens (including phenoxy) is 1. The quantitative estimate of drug-likeness (QED) is 0.358. The van der Waals surface area contributed by atoms with Gasteiger partial charge in [-0.15, -0.1) is 0 Å². The summed E-state index contributed by atoms with van der Waals surface area (Å²) in [6.07, 6.45) is 4.46. The SMILES string of the molecule is CS(=O)(=O)c1cc(F)c2c3ncc(Br)cc3n([C@H](c3ccccc3)C3CCOCC3)c2c1. The second-order valence-electron chi connectivity index (χ2n) is 8.27. The molecule has 1 aliphatic rings. The first-order valence-corrected chi connectivity index (χ1v) is 13.1. The Bertz CT molecular complexity index is 1410. The Hall–Kier alpha value is -2.29. The third-order valence-electron chi connectivity index (χ3n) is 6.19. The second-order valence-corrected chi connectivity index (χ2v) is 11.2. The van der Waals surface area contributed by atoms with Gasteiger partial charge >= 0.3 is 0 Å². The van der Waals surface area contributed by atoms with E-state index in [1.807, 2.05) is 24.3 Å². The minimum atomic E-state index is -3.60. The highest BCUT2D eigenvalue weighted by molar-refractivity contribution is 9.10. The van der Waals surface area contributed by atoms with Gasteiger partial charge in [0.05, 0.1) is 32.9 Å². The van der Waals surface area contributed by atoms with Crippen molar-refractivity contribution in [2.24, 2.45) is 5.92 Å². The van der Waals surface area contributed by atoms with Gasteiger partial charge in [0.15, 0.2) is 9.84 Å². The van der Waals surface area contributed by atoms with E-state index < -0.39 is 15.7 Å². The van der Waals surface area contributed by atoms with Crippen LogP contribution in [0.5, 0.6) is 0 Å². The molecule has 1 fully saturated rings. The molecule has 166 valence electrons. The number of fused-ring (bicyclic) bond motifs is 3. The van der Waals surface area contributed by atoms with Crippen LogP contribution in [0.15, 0.2) is 64.1 Å². The van der Waals surface area contributed by atoms with E-state index in [-0.39, 0.29) is 16.9 Å². The van der Waals surface area contributed by atoms with E-state index in [2.05, 4.69) is 37.6 Å². The van der Waals surface area contributed by atoms with Gasteiger partial charge < -0.3 is 9.30 Å². The molecule has 0 saturated carbocycles. The van der Waals surface area contributed by atoms with Gasteiger partial charge in [-0.1, -0.05) is 30.3 Å². The molecule has 0 aliphatic carbocycles. The molecule has 0 amide bonds. The summed E-state index contributed by atoms with van der Waals surface area (Å²) in [5.41, 5.74) is 2.91. The normalized spacial score (nSPS) is 16.6. The predicted octanol–water partition coefficient (Wildman–Crippen LogP) is 5.51. The number of hydrogen-bond acceptors (Lipinski definition) is 4. The Morgan fingerprint density at radius 3 is 2.53 bits per heavy atom. The van der Waals surface area contributed by atoms with E-state index in [1.165, 1.54) is 0 Å². The fraction of sp³-hybridized carbons (Fsp3) is 0.292. The number of pyridine rings is 1. The van der Waals surface area contributed by atoms with Crippen molar-refractivity contribution in [2.45, 2.75) is 23.8 Å². The molecule has 5 nitrogen and oxygen atoms in total. The molecule has 0 unspecified atom stereocenters. The summed E-state index contributed by atoms with van der Waals surface area (Å²) >= 11 is 3.50. The lowest BCUT2D eigenvalue weighted by atomic mass is 9.86. The molecule has 0 N–H and O–H groups in total. The van der Waals surface area contributed by atoms with E-state index >= 15 is 4.39 Å².